The number of nitrogens with zero attached hydrogens (tertiary/aromatic N) is 6. The average molecular weight is 1830 g/mol. The third kappa shape index (κ3) is 14.7. The molecule has 143 heavy (non-hydrogen) atoms. The zero-order valence-electron chi connectivity index (χ0n) is 80.9. The molecular weight excluding hydrogens is 1730 g/mol. The largest absolute Gasteiger partial charge is 0.309 e. The van der Waals surface area contributed by atoms with Gasteiger partial charge in [0.1, 0.15) is 0 Å². The number of para-hydroxylation sites is 6. The van der Waals surface area contributed by atoms with Gasteiger partial charge in [0.05, 0.1) is 66.7 Å². The Labute approximate surface area is 829 Å². The fourth-order valence-electron chi connectivity index (χ4n) is 23.5. The minimum Gasteiger partial charge on any atom is -0.309 e. The molecule has 0 aliphatic heterocycles. The molecule has 0 saturated carbocycles. The van der Waals surface area contributed by atoms with E-state index in [1.54, 1.807) is 0 Å². The molecule has 0 radical (unpaired) electrons. The van der Waals surface area contributed by atoms with Crippen LogP contribution in [0, 0.1) is 55.4 Å². The molecule has 0 aliphatic carbocycles. The summed E-state index contributed by atoms with van der Waals surface area (Å²) in [4.78, 5) is 16.3. The zero-order chi connectivity index (χ0) is 95.9. The maximum atomic E-state index is 5.60. The van der Waals surface area contributed by atoms with Crippen LogP contribution >= 0.6 is 0 Å². The molecule has 0 amide bonds. The summed E-state index contributed by atoms with van der Waals surface area (Å²) in [5.74, 6) is 0. The van der Waals surface area contributed by atoms with Crippen LogP contribution < -0.4 is 0 Å². The summed E-state index contributed by atoms with van der Waals surface area (Å²) < 4.78 is 7.09. The maximum absolute atomic E-state index is 5.60. The number of hydrogen-bond donors (Lipinski definition) is 0. The first-order chi connectivity index (χ1) is 70.2. The highest BCUT2D eigenvalue weighted by Gasteiger charge is 2.24. The van der Waals surface area contributed by atoms with Gasteiger partial charge in [0, 0.05) is 98.4 Å². The van der Waals surface area contributed by atoms with Crippen LogP contribution in [0.25, 0.3) is 258 Å². The van der Waals surface area contributed by atoms with Crippen molar-refractivity contribution in [2.45, 2.75) is 55.4 Å². The molecule has 6 aromatic heterocycles. The average Bonchev–Trinajstić information content (AvgIpc) is 1.59. The van der Waals surface area contributed by atoms with Crippen molar-refractivity contribution in [2.24, 2.45) is 0 Å². The monoisotopic (exact) mass is 1830 g/mol. The van der Waals surface area contributed by atoms with Crippen molar-refractivity contribution in [1.29, 1.82) is 0 Å². The van der Waals surface area contributed by atoms with E-state index in [9.17, 15) is 0 Å². The molecule has 6 heterocycles. The summed E-state index contributed by atoms with van der Waals surface area (Å²) in [7, 11) is 0. The Morgan fingerprint density at radius 3 is 0.804 bits per heavy atom. The lowest BCUT2D eigenvalue weighted by molar-refractivity contribution is 1.18. The van der Waals surface area contributed by atoms with Crippen LogP contribution in [0.3, 0.4) is 0 Å². The Morgan fingerprint density at radius 2 is 0.399 bits per heavy atom. The molecule has 0 spiro atoms. The van der Waals surface area contributed by atoms with Crippen molar-refractivity contribution in [3.8, 4) is 95.3 Å². The number of fused-ring (bicyclic) bond motifs is 27. The van der Waals surface area contributed by atoms with Crippen LogP contribution in [0.2, 0.25) is 0 Å². The van der Waals surface area contributed by atoms with Crippen molar-refractivity contribution in [3.05, 3.63) is 493 Å². The molecule has 0 atom stereocenters. The van der Waals surface area contributed by atoms with Gasteiger partial charge in [-0.3, -0.25) is 0 Å². The second-order valence-corrected chi connectivity index (χ2v) is 39.0. The number of pyridine rings is 3. The first-order valence-corrected chi connectivity index (χ1v) is 49.6. The van der Waals surface area contributed by atoms with Gasteiger partial charge in [-0.25, -0.2) is 15.0 Å². The Balaban J connectivity index is 0.000000111. The van der Waals surface area contributed by atoms with Gasteiger partial charge in [-0.2, -0.15) is 0 Å². The van der Waals surface area contributed by atoms with Gasteiger partial charge in [-0.1, -0.05) is 338 Å². The van der Waals surface area contributed by atoms with E-state index in [-0.39, 0.29) is 0 Å². The Morgan fingerprint density at radius 1 is 0.140 bits per heavy atom. The lowest BCUT2D eigenvalue weighted by Crippen LogP contribution is -1.95. The van der Waals surface area contributed by atoms with E-state index in [0.29, 0.717) is 0 Å². The lowest BCUT2D eigenvalue weighted by atomic mass is 9.88. The number of rotatable bonds is 10. The Bertz CT molecular complexity index is 9910. The van der Waals surface area contributed by atoms with Crippen LogP contribution in [0.4, 0.5) is 0 Å². The number of aromatic nitrogens is 6. The fourth-order valence-corrected chi connectivity index (χ4v) is 23.5. The zero-order valence-corrected chi connectivity index (χ0v) is 80.9. The minimum atomic E-state index is 0.963. The van der Waals surface area contributed by atoms with E-state index in [1.807, 2.05) is 0 Å². The van der Waals surface area contributed by atoms with E-state index in [4.69, 9.17) is 15.0 Å². The highest BCUT2D eigenvalue weighted by atomic mass is 15.0. The van der Waals surface area contributed by atoms with Crippen molar-refractivity contribution >= 4 is 163 Å². The van der Waals surface area contributed by atoms with Gasteiger partial charge < -0.3 is 13.7 Å². The first kappa shape index (κ1) is 85.4. The van der Waals surface area contributed by atoms with Gasteiger partial charge in [0.15, 0.2) is 0 Å². The van der Waals surface area contributed by atoms with Crippen LogP contribution in [-0.2, 0) is 0 Å². The van der Waals surface area contributed by atoms with Gasteiger partial charge in [0.2, 0.25) is 0 Å². The predicted octanol–water partition coefficient (Wildman–Crippen LogP) is 37.1. The Hall–Kier alpha value is -18.0. The topological polar surface area (TPSA) is 53.5 Å². The lowest BCUT2D eigenvalue weighted by Gasteiger charge is -2.17. The molecule has 22 aromatic carbocycles. The third-order valence-corrected chi connectivity index (χ3v) is 29.7. The van der Waals surface area contributed by atoms with Crippen molar-refractivity contribution in [2.75, 3.05) is 0 Å². The fraction of sp³-hybridized carbons (Fsp3) is 0.0584. The number of aryl methyl sites for hydroxylation is 8. The van der Waals surface area contributed by atoms with Crippen LogP contribution in [0.5, 0.6) is 0 Å². The molecule has 0 N–H and O–H groups in total. The number of benzene rings is 22. The summed E-state index contributed by atoms with van der Waals surface area (Å²) in [5.41, 5.74) is 40.3. The molecule has 676 valence electrons. The standard InChI is InChI=1S/C53H42N2.C47H30N2.C37H26N2/c1-31-24-33(3)51(34(4)25-31)38-18-20-41-42-21-19-39(52-35(5)26-32(2)27-36(52)6)30-47(42)53-45(46(41)29-38)22-23-48(54-53)37-12-11-13-40(28-37)55-49-16-9-7-14-43(49)44-15-8-10-17-50(44)55;1-3-11-31(12-4-1)34-21-25-37-40-27-28-44(48-47(40)41-26-22-35(30-43(41)42(37)29-34)32-13-5-2-6-14-32)33-19-23-36(24-20-33)49-45-17-9-7-15-38(45)39-16-8-10-18-46(39)49;1-23-11-17-27-30-19-20-34(38-37(30)31-18-12-24(2)22-33(31)32(27)21-23)25-13-15-26(16-14-25)39-35-9-5-3-7-28(35)29-8-4-6-10-36(29)39/h7-30H,1-6H3;1-30H;3-22H,1-2H3. The Kier molecular flexibility index (Phi) is 20.7. The van der Waals surface area contributed by atoms with E-state index in [2.05, 4.69) is 518 Å². The maximum Gasteiger partial charge on any atom is 0.0794 e. The van der Waals surface area contributed by atoms with Crippen molar-refractivity contribution in [3.63, 3.8) is 0 Å². The molecule has 0 saturated heterocycles. The molecule has 28 rings (SSSR count). The smallest absolute Gasteiger partial charge is 0.0794 e. The molecule has 0 fully saturated rings. The molecular formula is C137H98N6. The predicted molar refractivity (Wildman–Crippen MR) is 609 cm³/mol. The van der Waals surface area contributed by atoms with Crippen LogP contribution in [-0.4, -0.2) is 28.7 Å². The van der Waals surface area contributed by atoms with Crippen LogP contribution in [0.15, 0.2) is 449 Å². The quantitative estimate of drug-likeness (QED) is 0.128. The summed E-state index contributed by atoms with van der Waals surface area (Å²) >= 11 is 0. The van der Waals surface area contributed by atoms with Gasteiger partial charge in [-0.05, 0) is 304 Å². The van der Waals surface area contributed by atoms with Gasteiger partial charge in [0.25, 0.3) is 0 Å². The number of hydrogen-bond acceptors (Lipinski definition) is 3. The van der Waals surface area contributed by atoms with E-state index < -0.39 is 0 Å². The van der Waals surface area contributed by atoms with Gasteiger partial charge >= 0.3 is 0 Å². The van der Waals surface area contributed by atoms with Gasteiger partial charge in [-0.15, -0.1) is 0 Å². The second-order valence-electron chi connectivity index (χ2n) is 39.0. The van der Waals surface area contributed by atoms with E-state index >= 15 is 0 Å². The van der Waals surface area contributed by atoms with Crippen molar-refractivity contribution in [1.82, 2.24) is 28.7 Å². The summed E-state index contributed by atoms with van der Waals surface area (Å²) in [6.07, 6.45) is 0. The molecule has 6 heteroatoms. The molecule has 28 aromatic rings. The van der Waals surface area contributed by atoms with E-state index in [1.165, 1.54) is 230 Å². The van der Waals surface area contributed by atoms with E-state index in [0.717, 1.165) is 72.8 Å². The molecule has 0 bridgehead atoms. The SMILES string of the molecule is Cc1cc(C)c(-c2ccc3c(c2)c2ccc(-c4cccc(-n5c6ccccc6c6ccccc65)c4)nc2c2cc(-c4c(C)cc(C)cc4C)ccc32)c(C)c1.Cc1ccc2c(c1)c1cc(C)ccc1c1nc(-c3ccc(-n4c5ccccc5c5ccccc54)cc3)ccc21.c1ccc(-c2ccc3c(c2)c2cc(-c4ccccc4)ccc2c2nc(-c4ccc(-n5c6ccccc6c6ccccc65)cc4)ccc32)cc1. The summed E-state index contributed by atoms with van der Waals surface area (Å²) in [6, 6.07) is 164. The summed E-state index contributed by atoms with van der Waals surface area (Å²) in [6.45, 7) is 17.6. The highest BCUT2D eigenvalue weighted by Crippen LogP contribution is 2.47. The highest BCUT2D eigenvalue weighted by molar-refractivity contribution is 6.29. The third-order valence-electron chi connectivity index (χ3n) is 29.7. The molecule has 0 aliphatic rings. The second kappa shape index (κ2) is 34.6. The normalized spacial score (nSPS) is 11.8. The van der Waals surface area contributed by atoms with Crippen LogP contribution in [0.1, 0.15) is 44.5 Å². The minimum absolute atomic E-state index is 0.963. The molecule has 6 nitrogen and oxygen atoms in total. The first-order valence-electron chi connectivity index (χ1n) is 49.6. The van der Waals surface area contributed by atoms with Crippen molar-refractivity contribution < 1.29 is 0 Å². The molecule has 0 unspecified atom stereocenters. The summed E-state index contributed by atoms with van der Waals surface area (Å²) in [5, 5.41) is 25.9.